The molecule has 2 rings (SSSR count). The highest BCUT2D eigenvalue weighted by Gasteiger charge is 2.17. The molecule has 0 saturated carbocycles. The van der Waals surface area contributed by atoms with E-state index in [0.29, 0.717) is 18.1 Å². The summed E-state index contributed by atoms with van der Waals surface area (Å²) in [6.45, 7) is 3.34. The number of aromatic nitrogens is 2. The number of anilines is 2. The first-order chi connectivity index (χ1) is 10.1. The predicted octanol–water partition coefficient (Wildman–Crippen LogP) is 1.57. The Bertz CT molecular complexity index is 629. The summed E-state index contributed by atoms with van der Waals surface area (Å²) >= 11 is 0. The first kappa shape index (κ1) is 14.8. The number of hydrogen-bond donors (Lipinski definition) is 2. The largest absolute Gasteiger partial charge is 0.398 e. The third kappa shape index (κ3) is 3.47. The molecule has 6 nitrogen and oxygen atoms in total. The van der Waals surface area contributed by atoms with Gasteiger partial charge in [-0.2, -0.15) is 0 Å². The average molecular weight is 285 g/mol. The average Bonchev–Trinajstić information content (AvgIpc) is 2.49. The van der Waals surface area contributed by atoms with Crippen molar-refractivity contribution in [2.45, 2.75) is 19.9 Å². The Labute approximate surface area is 123 Å². The number of nitrogen functional groups attached to an aromatic ring is 1. The van der Waals surface area contributed by atoms with E-state index in [9.17, 15) is 4.79 Å². The number of rotatable bonds is 6. The van der Waals surface area contributed by atoms with Crippen molar-refractivity contribution in [3.05, 3.63) is 47.9 Å². The van der Waals surface area contributed by atoms with Crippen molar-refractivity contribution in [2.24, 2.45) is 5.73 Å². The number of hydrogen-bond acceptors (Lipinski definition) is 5. The minimum Gasteiger partial charge on any atom is -0.398 e. The molecular formula is C15H19N5O. The molecule has 2 aromatic rings. The molecule has 4 N–H and O–H groups in total. The van der Waals surface area contributed by atoms with E-state index in [1.165, 1.54) is 6.20 Å². The molecule has 110 valence electrons. The van der Waals surface area contributed by atoms with Crippen molar-refractivity contribution >= 4 is 17.4 Å². The minimum absolute atomic E-state index is 0.181. The lowest BCUT2D eigenvalue weighted by Gasteiger charge is -2.24. The maximum Gasteiger partial charge on any atom is 0.271 e. The minimum atomic E-state index is -0.583. The molecule has 1 aromatic carbocycles. The van der Waals surface area contributed by atoms with E-state index < -0.39 is 5.91 Å². The van der Waals surface area contributed by atoms with E-state index in [4.69, 9.17) is 11.5 Å². The number of primary amides is 1. The molecule has 0 aliphatic heterocycles. The molecular weight excluding hydrogens is 266 g/mol. The molecule has 6 heteroatoms. The molecule has 0 unspecified atom stereocenters. The summed E-state index contributed by atoms with van der Waals surface area (Å²) in [7, 11) is 0. The van der Waals surface area contributed by atoms with Crippen LogP contribution in [0.3, 0.4) is 0 Å². The Morgan fingerprint density at radius 3 is 2.62 bits per heavy atom. The van der Waals surface area contributed by atoms with Crippen LogP contribution in [0.5, 0.6) is 0 Å². The SMILES string of the molecule is CCCN(Cc1ccccc1N)c1nccnc1C(N)=O. The number of carbonyl (C=O) groups is 1. The Hall–Kier alpha value is -2.63. The second-order valence-electron chi connectivity index (χ2n) is 4.71. The van der Waals surface area contributed by atoms with Gasteiger partial charge >= 0.3 is 0 Å². The summed E-state index contributed by atoms with van der Waals surface area (Å²) in [6, 6.07) is 7.63. The molecule has 1 aromatic heterocycles. The van der Waals surface area contributed by atoms with Crippen LogP contribution < -0.4 is 16.4 Å². The fraction of sp³-hybridized carbons (Fsp3) is 0.267. The maximum atomic E-state index is 11.5. The van der Waals surface area contributed by atoms with Gasteiger partial charge in [0.1, 0.15) is 0 Å². The van der Waals surface area contributed by atoms with Gasteiger partial charge in [0.25, 0.3) is 5.91 Å². The second-order valence-corrected chi connectivity index (χ2v) is 4.71. The molecule has 0 aliphatic rings. The first-order valence-electron chi connectivity index (χ1n) is 6.82. The van der Waals surface area contributed by atoms with E-state index in [2.05, 4.69) is 16.9 Å². The highest BCUT2D eigenvalue weighted by atomic mass is 16.1. The van der Waals surface area contributed by atoms with E-state index in [0.717, 1.165) is 18.5 Å². The van der Waals surface area contributed by atoms with Crippen LogP contribution in [0.2, 0.25) is 0 Å². The molecule has 1 heterocycles. The lowest BCUT2D eigenvalue weighted by atomic mass is 10.1. The third-order valence-corrected chi connectivity index (χ3v) is 3.12. The molecule has 0 spiro atoms. The van der Waals surface area contributed by atoms with Crippen LogP contribution in [0, 0.1) is 0 Å². The van der Waals surface area contributed by atoms with Gasteiger partial charge in [-0.3, -0.25) is 4.79 Å². The topological polar surface area (TPSA) is 98.1 Å². The number of nitrogens with zero attached hydrogens (tertiary/aromatic N) is 3. The van der Waals surface area contributed by atoms with Crippen LogP contribution in [0.1, 0.15) is 29.4 Å². The number of benzene rings is 1. The number of carbonyl (C=O) groups excluding carboxylic acids is 1. The predicted molar refractivity (Wildman–Crippen MR) is 82.7 cm³/mol. The van der Waals surface area contributed by atoms with E-state index >= 15 is 0 Å². The van der Waals surface area contributed by atoms with Crippen molar-refractivity contribution in [3.63, 3.8) is 0 Å². The summed E-state index contributed by atoms with van der Waals surface area (Å²) in [5.74, 6) is -0.0876. The molecule has 0 radical (unpaired) electrons. The molecule has 0 fully saturated rings. The van der Waals surface area contributed by atoms with Crippen LogP contribution in [0.4, 0.5) is 11.5 Å². The zero-order valence-corrected chi connectivity index (χ0v) is 12.0. The normalized spacial score (nSPS) is 10.3. The molecule has 0 saturated heterocycles. The number of nitrogens with two attached hydrogens (primary N) is 2. The zero-order chi connectivity index (χ0) is 15.2. The van der Waals surface area contributed by atoms with Crippen LogP contribution in [0.25, 0.3) is 0 Å². The van der Waals surface area contributed by atoms with Gasteiger partial charge in [0.15, 0.2) is 11.5 Å². The van der Waals surface area contributed by atoms with Gasteiger partial charge < -0.3 is 16.4 Å². The van der Waals surface area contributed by atoms with Crippen molar-refractivity contribution in [1.82, 2.24) is 9.97 Å². The molecule has 0 atom stereocenters. The van der Waals surface area contributed by atoms with Gasteiger partial charge in [-0.05, 0) is 18.1 Å². The Balaban J connectivity index is 2.36. The van der Waals surface area contributed by atoms with Crippen molar-refractivity contribution in [2.75, 3.05) is 17.2 Å². The van der Waals surface area contributed by atoms with Crippen LogP contribution in [-0.2, 0) is 6.54 Å². The first-order valence-corrected chi connectivity index (χ1v) is 6.82. The quantitative estimate of drug-likeness (QED) is 0.785. The third-order valence-electron chi connectivity index (χ3n) is 3.12. The highest BCUT2D eigenvalue weighted by Crippen LogP contribution is 2.20. The Morgan fingerprint density at radius 1 is 1.24 bits per heavy atom. The van der Waals surface area contributed by atoms with Gasteiger partial charge in [0, 0.05) is 31.2 Å². The fourth-order valence-electron chi connectivity index (χ4n) is 2.15. The van der Waals surface area contributed by atoms with Gasteiger partial charge in [-0.1, -0.05) is 25.1 Å². The van der Waals surface area contributed by atoms with Crippen molar-refractivity contribution in [1.29, 1.82) is 0 Å². The summed E-state index contributed by atoms with van der Waals surface area (Å²) in [6.07, 6.45) is 3.92. The second kappa shape index (κ2) is 6.69. The molecule has 0 bridgehead atoms. The number of para-hydroxylation sites is 1. The Kier molecular flexibility index (Phi) is 4.71. The van der Waals surface area contributed by atoms with Crippen LogP contribution in [-0.4, -0.2) is 22.4 Å². The number of amides is 1. The van der Waals surface area contributed by atoms with E-state index in [1.807, 2.05) is 29.2 Å². The summed E-state index contributed by atoms with van der Waals surface area (Å²) in [5, 5.41) is 0. The lowest BCUT2D eigenvalue weighted by molar-refractivity contribution is 0.0995. The van der Waals surface area contributed by atoms with Crippen molar-refractivity contribution in [3.8, 4) is 0 Å². The maximum absolute atomic E-state index is 11.5. The molecule has 1 amide bonds. The lowest BCUT2D eigenvalue weighted by Crippen LogP contribution is -2.29. The van der Waals surface area contributed by atoms with Gasteiger partial charge in [-0.15, -0.1) is 0 Å². The smallest absolute Gasteiger partial charge is 0.271 e. The molecule has 21 heavy (non-hydrogen) atoms. The van der Waals surface area contributed by atoms with Gasteiger partial charge in [0.2, 0.25) is 0 Å². The fourth-order valence-corrected chi connectivity index (χ4v) is 2.15. The van der Waals surface area contributed by atoms with Gasteiger partial charge in [0.05, 0.1) is 0 Å². The Morgan fingerprint density at radius 2 is 1.95 bits per heavy atom. The summed E-state index contributed by atoms with van der Waals surface area (Å²) in [5.41, 5.74) is 13.2. The van der Waals surface area contributed by atoms with Crippen molar-refractivity contribution < 1.29 is 4.79 Å². The monoisotopic (exact) mass is 285 g/mol. The van der Waals surface area contributed by atoms with Crippen LogP contribution >= 0.6 is 0 Å². The standard InChI is InChI=1S/C15H19N5O/c1-2-9-20(10-11-5-3-4-6-12(11)16)15-13(14(17)21)18-7-8-19-15/h3-8H,2,9-10,16H2,1H3,(H2,17,21). The zero-order valence-electron chi connectivity index (χ0n) is 12.0. The van der Waals surface area contributed by atoms with Gasteiger partial charge in [-0.25, -0.2) is 9.97 Å². The van der Waals surface area contributed by atoms with Crippen LogP contribution in [0.15, 0.2) is 36.7 Å². The highest BCUT2D eigenvalue weighted by molar-refractivity contribution is 5.95. The van der Waals surface area contributed by atoms with E-state index in [-0.39, 0.29) is 5.69 Å². The summed E-state index contributed by atoms with van der Waals surface area (Å²) in [4.78, 5) is 21.8. The summed E-state index contributed by atoms with van der Waals surface area (Å²) < 4.78 is 0. The van der Waals surface area contributed by atoms with E-state index in [1.54, 1.807) is 6.20 Å². The molecule has 0 aliphatic carbocycles.